The molecule has 3 aromatic rings. The Labute approximate surface area is 268 Å². The molecule has 0 saturated carbocycles. The molecule has 0 fully saturated rings. The van der Waals surface area contributed by atoms with Crippen LogP contribution in [0.3, 0.4) is 0 Å². The van der Waals surface area contributed by atoms with Crippen LogP contribution in [0.25, 0.3) is 0 Å². The van der Waals surface area contributed by atoms with Gasteiger partial charge in [0, 0.05) is 30.9 Å². The van der Waals surface area contributed by atoms with Crippen molar-refractivity contribution in [3.63, 3.8) is 0 Å². The minimum absolute atomic E-state index is 0.174. The lowest BCUT2D eigenvalue weighted by molar-refractivity contribution is -0.139. The fraction of sp³-hybridized carbons (Fsp3) is 0.278. The number of carbonyl (C=O) groups is 4. The van der Waals surface area contributed by atoms with Gasteiger partial charge in [-0.3, -0.25) is 0 Å². The van der Waals surface area contributed by atoms with Crippen molar-refractivity contribution >= 4 is 23.9 Å². The summed E-state index contributed by atoms with van der Waals surface area (Å²) in [4.78, 5) is 47.5. The molecule has 10 nitrogen and oxygen atoms in total. The smallest absolute Gasteiger partial charge is 0.343 e. The number of carbonyl (C=O) groups excluding carboxylic acids is 4. The Balaban J connectivity index is 1.38. The lowest BCUT2D eigenvalue weighted by Crippen LogP contribution is -2.11. The average molecular weight is 631 g/mol. The molecule has 3 rings (SSSR count). The van der Waals surface area contributed by atoms with E-state index < -0.39 is 23.9 Å². The van der Waals surface area contributed by atoms with Gasteiger partial charge in [0.15, 0.2) is 0 Å². The monoisotopic (exact) mass is 630 g/mol. The molecular weight excluding hydrogens is 592 g/mol. The molecule has 0 radical (unpaired) electrons. The molecule has 0 amide bonds. The van der Waals surface area contributed by atoms with E-state index in [2.05, 4.69) is 13.2 Å². The largest absolute Gasteiger partial charge is 0.493 e. The minimum atomic E-state index is -0.506. The minimum Gasteiger partial charge on any atom is -0.493 e. The third-order valence-corrected chi connectivity index (χ3v) is 6.35. The zero-order valence-electron chi connectivity index (χ0n) is 26.1. The Morgan fingerprint density at radius 3 is 1.80 bits per heavy atom. The maximum Gasteiger partial charge on any atom is 0.343 e. The maximum atomic E-state index is 12.7. The lowest BCUT2D eigenvalue weighted by Gasteiger charge is -2.11. The van der Waals surface area contributed by atoms with Gasteiger partial charge in [-0.2, -0.15) is 0 Å². The first-order valence-electron chi connectivity index (χ1n) is 14.7. The summed E-state index contributed by atoms with van der Waals surface area (Å²) in [7, 11) is 0. The van der Waals surface area contributed by atoms with Crippen molar-refractivity contribution in [3.05, 3.63) is 114 Å². The maximum absolute atomic E-state index is 12.7. The molecule has 0 N–H and O–H groups in total. The van der Waals surface area contributed by atoms with Crippen molar-refractivity contribution < 1.29 is 47.6 Å². The summed E-state index contributed by atoms with van der Waals surface area (Å²) < 4.78 is 32.1. The van der Waals surface area contributed by atoms with Crippen LogP contribution in [-0.4, -0.2) is 56.9 Å². The van der Waals surface area contributed by atoms with Gasteiger partial charge >= 0.3 is 23.9 Å². The zero-order valence-corrected chi connectivity index (χ0v) is 26.1. The summed E-state index contributed by atoms with van der Waals surface area (Å²) in [5.41, 5.74) is 2.79. The molecule has 0 aliphatic rings. The van der Waals surface area contributed by atoms with Crippen molar-refractivity contribution in [2.75, 3.05) is 33.0 Å². The number of ether oxygens (including phenoxy) is 6. The normalized spacial score (nSPS) is 10.3. The summed E-state index contributed by atoms with van der Waals surface area (Å²) in [6.07, 6.45) is 2.63. The quantitative estimate of drug-likeness (QED) is 0.0544. The Hall–Kier alpha value is -5.38. The Bertz CT molecular complexity index is 1510. The summed E-state index contributed by atoms with van der Waals surface area (Å²) in [6.45, 7) is 11.6. The Morgan fingerprint density at radius 1 is 0.696 bits per heavy atom. The molecule has 46 heavy (non-hydrogen) atoms. The van der Waals surface area contributed by atoms with Gasteiger partial charge in [-0.25, -0.2) is 19.2 Å². The van der Waals surface area contributed by atoms with Crippen LogP contribution in [0.1, 0.15) is 51.6 Å². The van der Waals surface area contributed by atoms with E-state index in [0.717, 1.165) is 17.2 Å². The van der Waals surface area contributed by atoms with E-state index >= 15 is 0 Å². The van der Waals surface area contributed by atoms with E-state index in [1.807, 2.05) is 19.1 Å². The molecule has 0 heterocycles. The predicted octanol–water partition coefficient (Wildman–Crippen LogP) is 6.00. The van der Waals surface area contributed by atoms with E-state index in [9.17, 15) is 19.2 Å². The third kappa shape index (κ3) is 12.0. The van der Waals surface area contributed by atoms with Gasteiger partial charge < -0.3 is 28.4 Å². The topological polar surface area (TPSA) is 124 Å². The number of hydrogen-bond acceptors (Lipinski definition) is 10. The Kier molecular flexibility index (Phi) is 14.1. The molecule has 0 atom stereocenters. The third-order valence-electron chi connectivity index (χ3n) is 6.35. The van der Waals surface area contributed by atoms with E-state index in [1.165, 1.54) is 0 Å². The van der Waals surface area contributed by atoms with Crippen LogP contribution in [0.5, 0.6) is 17.2 Å². The van der Waals surface area contributed by atoms with E-state index in [-0.39, 0.29) is 19.8 Å². The summed E-state index contributed by atoms with van der Waals surface area (Å²) in [6, 6.07) is 18.6. The lowest BCUT2D eigenvalue weighted by atomic mass is 10.1. The van der Waals surface area contributed by atoms with Gasteiger partial charge in [-0.1, -0.05) is 25.3 Å². The molecule has 3 aromatic carbocycles. The highest BCUT2D eigenvalue weighted by Crippen LogP contribution is 2.22. The van der Waals surface area contributed by atoms with Crippen molar-refractivity contribution in [1.29, 1.82) is 0 Å². The first-order chi connectivity index (χ1) is 22.2. The number of hydrogen-bond donors (Lipinski definition) is 0. The predicted molar refractivity (Wildman–Crippen MR) is 170 cm³/mol. The van der Waals surface area contributed by atoms with Crippen LogP contribution in [0.4, 0.5) is 0 Å². The highest BCUT2D eigenvalue weighted by atomic mass is 16.5. The van der Waals surface area contributed by atoms with Crippen LogP contribution < -0.4 is 14.2 Å². The van der Waals surface area contributed by atoms with Crippen LogP contribution >= 0.6 is 0 Å². The van der Waals surface area contributed by atoms with E-state index in [4.69, 9.17) is 28.4 Å². The van der Waals surface area contributed by atoms with Gasteiger partial charge in [-0.05, 0) is 79.6 Å². The number of esters is 4. The molecule has 10 heteroatoms. The molecular formula is C36H38O10. The average Bonchev–Trinajstić information content (AvgIpc) is 3.05. The SMILES string of the molecule is C=CC(=O)OCCCOc1ccc(C(=O)OCCc2ccc(OC(=O)c3ccc(OCCCOC(=O)C(=C)C)cc3)c(C)c2)cc1. The second-order valence-electron chi connectivity index (χ2n) is 10.1. The van der Waals surface area contributed by atoms with Crippen molar-refractivity contribution in [3.8, 4) is 17.2 Å². The van der Waals surface area contributed by atoms with Gasteiger partial charge in [0.05, 0.1) is 44.2 Å². The van der Waals surface area contributed by atoms with Crippen molar-refractivity contribution in [2.24, 2.45) is 0 Å². The molecule has 0 unspecified atom stereocenters. The fourth-order valence-corrected chi connectivity index (χ4v) is 3.88. The second kappa shape index (κ2) is 18.4. The number of benzene rings is 3. The van der Waals surface area contributed by atoms with Crippen LogP contribution in [0, 0.1) is 6.92 Å². The van der Waals surface area contributed by atoms with Crippen LogP contribution in [0.15, 0.2) is 91.5 Å². The summed E-state index contributed by atoms with van der Waals surface area (Å²) in [5.74, 6) is -0.277. The van der Waals surface area contributed by atoms with E-state index in [0.29, 0.717) is 66.4 Å². The van der Waals surface area contributed by atoms with E-state index in [1.54, 1.807) is 61.5 Å². The molecule has 0 bridgehead atoms. The first kappa shape index (κ1) is 35.1. The van der Waals surface area contributed by atoms with Gasteiger partial charge in [0.25, 0.3) is 0 Å². The van der Waals surface area contributed by atoms with Gasteiger partial charge in [-0.15, -0.1) is 0 Å². The Morgan fingerprint density at radius 2 is 1.26 bits per heavy atom. The number of rotatable bonds is 18. The van der Waals surface area contributed by atoms with Crippen molar-refractivity contribution in [2.45, 2.75) is 33.1 Å². The van der Waals surface area contributed by atoms with Gasteiger partial charge in [0.1, 0.15) is 17.2 Å². The van der Waals surface area contributed by atoms with Crippen LogP contribution in [-0.2, 0) is 30.2 Å². The molecule has 0 saturated heterocycles. The number of aryl methyl sites for hydroxylation is 1. The fourth-order valence-electron chi connectivity index (χ4n) is 3.88. The second-order valence-corrected chi connectivity index (χ2v) is 10.1. The van der Waals surface area contributed by atoms with Crippen molar-refractivity contribution in [1.82, 2.24) is 0 Å². The first-order valence-corrected chi connectivity index (χ1v) is 14.7. The van der Waals surface area contributed by atoms with Gasteiger partial charge in [0.2, 0.25) is 0 Å². The highest BCUT2D eigenvalue weighted by molar-refractivity contribution is 5.91. The van der Waals surface area contributed by atoms with Crippen LogP contribution in [0.2, 0.25) is 0 Å². The molecule has 0 aliphatic carbocycles. The molecule has 0 aromatic heterocycles. The zero-order chi connectivity index (χ0) is 33.3. The summed E-state index contributed by atoms with van der Waals surface area (Å²) >= 11 is 0. The standard InChI is InChI=1S/C36H38O10/c1-5-33(37)43-21-6-19-41-30-13-9-28(10-14-30)35(39)45-23-18-27-8-17-32(26(4)24-27)46-36(40)29-11-15-31(16-12-29)42-20-7-22-44-34(38)25(2)3/h5,8-17,24H,1-2,6-7,18-23H2,3-4H3. The summed E-state index contributed by atoms with van der Waals surface area (Å²) in [5, 5.41) is 0. The molecule has 242 valence electrons. The molecule has 0 aliphatic heterocycles. The molecule has 0 spiro atoms. The highest BCUT2D eigenvalue weighted by Gasteiger charge is 2.12.